The van der Waals surface area contributed by atoms with E-state index in [-0.39, 0.29) is 5.56 Å². The van der Waals surface area contributed by atoms with Crippen LogP contribution in [-0.2, 0) is 28.7 Å². The number of carbonyl (C=O) groups is 6. The van der Waals surface area contributed by atoms with Crippen molar-refractivity contribution in [2.45, 2.75) is 18.7 Å². The SMILES string of the molecule is CC(=O)N(C)C1C(=O)NC(=O)C1(OC(=O)c1ccccc1)N1C(=O)C=CC1=O. The van der Waals surface area contributed by atoms with Crippen molar-refractivity contribution in [1.82, 2.24) is 15.1 Å². The minimum atomic E-state index is -2.68. The number of amides is 5. The van der Waals surface area contributed by atoms with Crippen molar-refractivity contribution in [2.24, 2.45) is 0 Å². The Balaban J connectivity index is 2.16. The summed E-state index contributed by atoms with van der Waals surface area (Å²) in [5.41, 5.74) is -2.66. The molecule has 0 aromatic heterocycles. The van der Waals surface area contributed by atoms with Crippen molar-refractivity contribution >= 4 is 35.5 Å². The molecular weight excluding hydrogens is 370 g/mol. The second-order valence-electron chi connectivity index (χ2n) is 6.15. The number of hydrogen-bond acceptors (Lipinski definition) is 7. The van der Waals surface area contributed by atoms with E-state index in [0.717, 1.165) is 24.0 Å². The number of carbonyl (C=O) groups excluding carboxylic acids is 6. The fraction of sp³-hybridized carbons (Fsp3) is 0.222. The summed E-state index contributed by atoms with van der Waals surface area (Å²) in [7, 11) is 1.19. The van der Waals surface area contributed by atoms with Gasteiger partial charge >= 0.3 is 11.7 Å². The van der Waals surface area contributed by atoms with Crippen LogP contribution in [0.5, 0.6) is 0 Å². The first-order valence-corrected chi connectivity index (χ1v) is 8.13. The van der Waals surface area contributed by atoms with Gasteiger partial charge in [-0.3, -0.25) is 29.3 Å². The largest absolute Gasteiger partial charge is 0.422 e. The van der Waals surface area contributed by atoms with E-state index in [0.29, 0.717) is 4.90 Å². The van der Waals surface area contributed by atoms with Crippen LogP contribution in [0, 0.1) is 0 Å². The van der Waals surface area contributed by atoms with Crippen LogP contribution >= 0.6 is 0 Å². The Morgan fingerprint density at radius 3 is 2.18 bits per heavy atom. The van der Waals surface area contributed by atoms with Gasteiger partial charge in [0.05, 0.1) is 5.56 Å². The summed E-state index contributed by atoms with van der Waals surface area (Å²) < 4.78 is 5.35. The minimum Gasteiger partial charge on any atom is -0.422 e. The Kier molecular flexibility index (Phi) is 4.55. The topological polar surface area (TPSA) is 130 Å². The first-order valence-electron chi connectivity index (χ1n) is 8.13. The molecule has 0 bridgehead atoms. The normalized spacial score (nSPS) is 23.8. The molecule has 10 nitrogen and oxygen atoms in total. The highest BCUT2D eigenvalue weighted by Crippen LogP contribution is 2.34. The number of likely N-dealkylation sites (N-methyl/N-ethyl adjacent to an activating group) is 1. The van der Waals surface area contributed by atoms with Crippen molar-refractivity contribution in [3.8, 4) is 0 Å². The van der Waals surface area contributed by atoms with E-state index in [9.17, 15) is 28.8 Å². The highest BCUT2D eigenvalue weighted by Gasteiger charge is 2.68. The molecule has 2 aliphatic heterocycles. The summed E-state index contributed by atoms with van der Waals surface area (Å²) in [6.07, 6.45) is 1.75. The number of hydrogen-bond donors (Lipinski definition) is 1. The molecule has 2 unspecified atom stereocenters. The smallest absolute Gasteiger partial charge is 0.340 e. The fourth-order valence-corrected chi connectivity index (χ4v) is 3.07. The molecule has 2 aliphatic rings. The van der Waals surface area contributed by atoms with Crippen LogP contribution in [0.25, 0.3) is 0 Å². The predicted molar refractivity (Wildman–Crippen MR) is 91.0 cm³/mol. The maximum Gasteiger partial charge on any atom is 0.340 e. The average Bonchev–Trinajstić information content (AvgIpc) is 3.11. The molecule has 1 aromatic carbocycles. The average molecular weight is 385 g/mol. The summed E-state index contributed by atoms with van der Waals surface area (Å²) in [6, 6.07) is 5.74. The maximum atomic E-state index is 12.8. The summed E-state index contributed by atoms with van der Waals surface area (Å²) >= 11 is 0. The number of ether oxygens (including phenoxy) is 1. The summed E-state index contributed by atoms with van der Waals surface area (Å²) in [5, 5.41) is 1.95. The van der Waals surface area contributed by atoms with Crippen LogP contribution in [0.3, 0.4) is 0 Å². The summed E-state index contributed by atoms with van der Waals surface area (Å²) in [5.74, 6) is -5.82. The molecule has 1 saturated heterocycles. The van der Waals surface area contributed by atoms with Gasteiger partial charge in [0.1, 0.15) is 0 Å². The zero-order valence-corrected chi connectivity index (χ0v) is 14.9. The molecule has 1 fully saturated rings. The van der Waals surface area contributed by atoms with Crippen molar-refractivity contribution in [2.75, 3.05) is 7.05 Å². The number of nitrogens with zero attached hydrogens (tertiary/aromatic N) is 2. The van der Waals surface area contributed by atoms with Crippen molar-refractivity contribution < 1.29 is 33.5 Å². The third kappa shape index (κ3) is 2.75. The summed E-state index contributed by atoms with van der Waals surface area (Å²) in [4.78, 5) is 75.6. The van der Waals surface area contributed by atoms with E-state index >= 15 is 0 Å². The van der Waals surface area contributed by atoms with Gasteiger partial charge in [0.2, 0.25) is 5.91 Å². The van der Waals surface area contributed by atoms with Gasteiger partial charge in [-0.1, -0.05) is 18.2 Å². The van der Waals surface area contributed by atoms with Crippen LogP contribution in [-0.4, -0.2) is 64.1 Å². The van der Waals surface area contributed by atoms with Crippen LogP contribution in [0.2, 0.25) is 0 Å². The Bertz CT molecular complexity index is 922. The molecule has 2 atom stereocenters. The Morgan fingerprint density at radius 2 is 1.64 bits per heavy atom. The lowest BCUT2D eigenvalue weighted by molar-refractivity contribution is -0.183. The van der Waals surface area contributed by atoms with Crippen LogP contribution < -0.4 is 5.32 Å². The van der Waals surface area contributed by atoms with Gasteiger partial charge in [-0.05, 0) is 12.1 Å². The molecule has 10 heteroatoms. The third-order valence-electron chi connectivity index (χ3n) is 4.46. The van der Waals surface area contributed by atoms with Gasteiger partial charge in [-0.2, -0.15) is 0 Å². The molecule has 5 amide bonds. The molecule has 0 saturated carbocycles. The number of imide groups is 2. The molecule has 1 aromatic rings. The maximum absolute atomic E-state index is 12.8. The molecule has 2 heterocycles. The van der Waals surface area contributed by atoms with E-state index in [1.54, 1.807) is 6.07 Å². The van der Waals surface area contributed by atoms with Gasteiger partial charge in [-0.25, -0.2) is 9.69 Å². The fourth-order valence-electron chi connectivity index (χ4n) is 3.07. The van der Waals surface area contributed by atoms with Crippen molar-refractivity contribution in [1.29, 1.82) is 0 Å². The number of rotatable bonds is 4. The van der Waals surface area contributed by atoms with Crippen LogP contribution in [0.1, 0.15) is 17.3 Å². The second kappa shape index (κ2) is 6.72. The molecule has 3 rings (SSSR count). The lowest BCUT2D eigenvalue weighted by Crippen LogP contribution is -2.68. The molecule has 0 radical (unpaired) electrons. The van der Waals surface area contributed by atoms with E-state index in [2.05, 4.69) is 0 Å². The van der Waals surface area contributed by atoms with Crippen LogP contribution in [0.15, 0.2) is 42.5 Å². The van der Waals surface area contributed by atoms with E-state index in [4.69, 9.17) is 4.74 Å². The highest BCUT2D eigenvalue weighted by molar-refractivity contribution is 6.21. The third-order valence-corrected chi connectivity index (χ3v) is 4.46. The summed E-state index contributed by atoms with van der Waals surface area (Å²) in [6.45, 7) is 1.12. The van der Waals surface area contributed by atoms with Crippen molar-refractivity contribution in [3.63, 3.8) is 0 Å². The van der Waals surface area contributed by atoms with Gasteiger partial charge in [0, 0.05) is 26.1 Å². The zero-order valence-electron chi connectivity index (χ0n) is 14.9. The monoisotopic (exact) mass is 385 g/mol. The Hall–Kier alpha value is -3.82. The van der Waals surface area contributed by atoms with Gasteiger partial charge in [0.25, 0.3) is 23.6 Å². The molecule has 0 aliphatic carbocycles. The lowest BCUT2D eigenvalue weighted by Gasteiger charge is -2.39. The molecule has 28 heavy (non-hydrogen) atoms. The second-order valence-corrected chi connectivity index (χ2v) is 6.15. The van der Waals surface area contributed by atoms with Crippen molar-refractivity contribution in [3.05, 3.63) is 48.0 Å². The van der Waals surface area contributed by atoms with Gasteiger partial charge in [-0.15, -0.1) is 0 Å². The molecular formula is C18H15N3O7. The molecule has 1 N–H and O–H groups in total. The number of nitrogens with one attached hydrogen (secondary N) is 1. The minimum absolute atomic E-state index is 0.0188. The number of esters is 1. The van der Waals surface area contributed by atoms with Gasteiger partial charge in [0.15, 0.2) is 6.04 Å². The highest BCUT2D eigenvalue weighted by atomic mass is 16.6. The van der Waals surface area contributed by atoms with Gasteiger partial charge < -0.3 is 9.64 Å². The van der Waals surface area contributed by atoms with E-state index < -0.39 is 47.3 Å². The first kappa shape index (κ1) is 19.0. The molecule has 0 spiro atoms. The van der Waals surface area contributed by atoms with E-state index in [1.165, 1.54) is 31.3 Å². The quantitative estimate of drug-likeness (QED) is 0.518. The molecule has 144 valence electrons. The Labute approximate surface area is 158 Å². The predicted octanol–water partition coefficient (Wildman–Crippen LogP) is -1.03. The Morgan fingerprint density at radius 1 is 1.07 bits per heavy atom. The van der Waals surface area contributed by atoms with Crippen LogP contribution in [0.4, 0.5) is 0 Å². The van der Waals surface area contributed by atoms with E-state index in [1.807, 2.05) is 5.32 Å². The number of benzene rings is 1. The standard InChI is InChI=1S/C18H15N3O7/c1-10(22)20(2)14-15(25)19-17(27)18(14,21-12(23)8-9-13(21)24)28-16(26)11-6-4-3-5-7-11/h3-9,14H,1-2H3,(H,19,25,27). The lowest BCUT2D eigenvalue weighted by atomic mass is 10.0. The first-order chi connectivity index (χ1) is 13.2. The zero-order chi connectivity index (χ0) is 20.6.